The van der Waals surface area contributed by atoms with Crippen LogP contribution in [0.5, 0.6) is 0 Å². The van der Waals surface area contributed by atoms with Gasteiger partial charge in [0.25, 0.3) is 0 Å². The molecule has 152 valence electrons. The van der Waals surface area contributed by atoms with E-state index in [-0.39, 0.29) is 0 Å². The predicted molar refractivity (Wildman–Crippen MR) is 124 cm³/mol. The molecule has 0 saturated carbocycles. The number of thiazole rings is 1. The van der Waals surface area contributed by atoms with Gasteiger partial charge in [0, 0.05) is 12.1 Å². The molecule has 1 aliphatic rings. The molecule has 5 nitrogen and oxygen atoms in total. The highest BCUT2D eigenvalue weighted by Gasteiger charge is 2.16. The smallest absolute Gasteiger partial charge is 0.189 e. The zero-order valence-electron chi connectivity index (χ0n) is 17.1. The van der Waals surface area contributed by atoms with E-state index in [1.807, 2.05) is 42.5 Å². The van der Waals surface area contributed by atoms with E-state index in [1.54, 1.807) is 11.3 Å². The van der Waals surface area contributed by atoms with Crippen molar-refractivity contribution in [2.45, 2.75) is 26.3 Å². The van der Waals surface area contributed by atoms with Crippen molar-refractivity contribution < 1.29 is 0 Å². The Morgan fingerprint density at radius 2 is 1.83 bits per heavy atom. The summed E-state index contributed by atoms with van der Waals surface area (Å²) >= 11 is 1.66. The van der Waals surface area contributed by atoms with E-state index in [9.17, 15) is 0 Å². The van der Waals surface area contributed by atoms with Gasteiger partial charge in [-0.05, 0) is 61.7 Å². The number of nitrogens with zero attached hydrogens (tertiary/aromatic N) is 4. The van der Waals surface area contributed by atoms with Crippen LogP contribution >= 0.6 is 11.3 Å². The lowest BCUT2D eigenvalue weighted by Crippen LogP contribution is -2.32. The van der Waals surface area contributed by atoms with Crippen LogP contribution in [-0.4, -0.2) is 33.2 Å². The summed E-state index contributed by atoms with van der Waals surface area (Å²) in [6, 6.07) is 20.6. The molecule has 3 heterocycles. The molecule has 0 amide bonds. The molecule has 0 spiro atoms. The Kier molecular flexibility index (Phi) is 5.43. The second-order valence-corrected chi connectivity index (χ2v) is 9.11. The van der Waals surface area contributed by atoms with Gasteiger partial charge in [-0.2, -0.15) is 0 Å². The maximum atomic E-state index is 4.71. The van der Waals surface area contributed by atoms with Crippen molar-refractivity contribution in [3.8, 4) is 11.3 Å². The molecular formula is C24H25N5S. The molecule has 0 unspecified atom stereocenters. The van der Waals surface area contributed by atoms with Crippen LogP contribution in [0.2, 0.25) is 0 Å². The molecule has 0 atom stereocenters. The maximum Gasteiger partial charge on any atom is 0.189 e. The third-order valence-corrected chi connectivity index (χ3v) is 6.64. The Labute approximate surface area is 180 Å². The van der Waals surface area contributed by atoms with Gasteiger partial charge in [0.15, 0.2) is 10.9 Å². The van der Waals surface area contributed by atoms with Gasteiger partial charge in [-0.3, -0.25) is 4.90 Å². The lowest BCUT2D eigenvalue weighted by atomic mass is 9.99. The molecule has 0 radical (unpaired) electrons. The highest BCUT2D eigenvalue weighted by Crippen LogP contribution is 2.29. The highest BCUT2D eigenvalue weighted by molar-refractivity contribution is 7.22. The van der Waals surface area contributed by atoms with E-state index in [0.717, 1.165) is 34.4 Å². The molecular weight excluding hydrogens is 390 g/mol. The lowest BCUT2D eigenvalue weighted by molar-refractivity contribution is 0.185. The Bertz CT molecular complexity index is 1120. The lowest BCUT2D eigenvalue weighted by Gasteiger charge is -2.30. The van der Waals surface area contributed by atoms with Crippen LogP contribution in [-0.2, 0) is 6.54 Å². The zero-order chi connectivity index (χ0) is 20.3. The molecule has 6 heteroatoms. The van der Waals surface area contributed by atoms with Gasteiger partial charge in [0.05, 0.1) is 15.9 Å². The van der Waals surface area contributed by atoms with E-state index < -0.39 is 0 Å². The van der Waals surface area contributed by atoms with Crippen LogP contribution in [0.25, 0.3) is 21.5 Å². The fourth-order valence-corrected chi connectivity index (χ4v) is 4.81. The molecule has 5 rings (SSSR count). The topological polar surface area (TPSA) is 53.9 Å². The monoisotopic (exact) mass is 415 g/mol. The second-order valence-electron chi connectivity index (χ2n) is 8.07. The first-order chi connectivity index (χ1) is 14.7. The number of fused-ring (bicyclic) bond motifs is 1. The van der Waals surface area contributed by atoms with Gasteiger partial charge >= 0.3 is 0 Å². The fraction of sp³-hybridized carbons (Fsp3) is 0.292. The minimum absolute atomic E-state index is 0.705. The van der Waals surface area contributed by atoms with Crippen molar-refractivity contribution in [1.29, 1.82) is 0 Å². The number of rotatable bonds is 5. The molecule has 30 heavy (non-hydrogen) atoms. The number of aromatic nitrogens is 3. The third-order valence-electron chi connectivity index (χ3n) is 5.70. The highest BCUT2D eigenvalue weighted by atomic mass is 32.1. The van der Waals surface area contributed by atoms with E-state index in [2.05, 4.69) is 45.5 Å². The van der Waals surface area contributed by atoms with Crippen LogP contribution in [0.3, 0.4) is 0 Å². The Morgan fingerprint density at radius 3 is 2.60 bits per heavy atom. The van der Waals surface area contributed by atoms with Gasteiger partial charge in [-0.25, -0.2) is 4.98 Å². The number of hydrogen-bond acceptors (Lipinski definition) is 6. The maximum absolute atomic E-state index is 4.71. The molecule has 1 aliphatic heterocycles. The molecule has 1 fully saturated rings. The summed E-state index contributed by atoms with van der Waals surface area (Å²) in [5.74, 6) is 1.57. The minimum Gasteiger partial charge on any atom is -0.315 e. The standard InChI is InChI=1S/C24H25N5S/c1-17-11-13-29(14-12-17)16-18-7-8-21-22(15-18)30-24(25-21)26-23-10-9-20(27-28-23)19-5-3-2-4-6-19/h2-10,15,17H,11-14,16H2,1H3,(H,25,26,28). The van der Waals surface area contributed by atoms with Crippen LogP contribution in [0.4, 0.5) is 10.9 Å². The summed E-state index contributed by atoms with van der Waals surface area (Å²) in [6.07, 6.45) is 2.61. The summed E-state index contributed by atoms with van der Waals surface area (Å²) in [5, 5.41) is 12.8. The van der Waals surface area contributed by atoms with Gasteiger partial charge in [0.2, 0.25) is 0 Å². The summed E-state index contributed by atoms with van der Waals surface area (Å²) in [4.78, 5) is 7.27. The third kappa shape index (κ3) is 4.35. The fourth-order valence-electron chi connectivity index (χ4n) is 3.87. The minimum atomic E-state index is 0.705. The van der Waals surface area contributed by atoms with Crippen molar-refractivity contribution in [3.63, 3.8) is 0 Å². The molecule has 4 aromatic rings. The van der Waals surface area contributed by atoms with Crippen LogP contribution in [0.15, 0.2) is 60.7 Å². The normalized spacial score (nSPS) is 15.5. The molecule has 2 aromatic heterocycles. The Hall–Kier alpha value is -2.83. The molecule has 2 aromatic carbocycles. The predicted octanol–water partition coefficient (Wildman–Crippen LogP) is 5.73. The number of benzene rings is 2. The summed E-state index contributed by atoms with van der Waals surface area (Å²) in [5.41, 5.74) is 4.31. The first-order valence-electron chi connectivity index (χ1n) is 10.5. The van der Waals surface area contributed by atoms with E-state index in [1.165, 1.54) is 36.2 Å². The SMILES string of the molecule is CC1CCN(Cc2ccc3nc(Nc4ccc(-c5ccccc5)nn4)sc3c2)CC1. The number of nitrogens with one attached hydrogen (secondary N) is 1. The summed E-state index contributed by atoms with van der Waals surface area (Å²) < 4.78 is 1.20. The molecule has 1 N–H and O–H groups in total. The van der Waals surface area contributed by atoms with Gasteiger partial charge in [0.1, 0.15) is 0 Å². The number of anilines is 2. The van der Waals surface area contributed by atoms with Gasteiger partial charge < -0.3 is 5.32 Å². The average molecular weight is 416 g/mol. The van der Waals surface area contributed by atoms with Crippen molar-refractivity contribution in [2.24, 2.45) is 5.92 Å². The van der Waals surface area contributed by atoms with Gasteiger partial charge in [-0.15, -0.1) is 10.2 Å². The Balaban J connectivity index is 1.28. The summed E-state index contributed by atoms with van der Waals surface area (Å²) in [7, 11) is 0. The zero-order valence-corrected chi connectivity index (χ0v) is 17.9. The molecule has 0 aliphatic carbocycles. The van der Waals surface area contributed by atoms with Crippen molar-refractivity contribution >= 4 is 32.5 Å². The largest absolute Gasteiger partial charge is 0.315 e. The van der Waals surface area contributed by atoms with E-state index >= 15 is 0 Å². The van der Waals surface area contributed by atoms with E-state index in [4.69, 9.17) is 4.98 Å². The number of piperidine rings is 1. The average Bonchev–Trinajstić information content (AvgIpc) is 3.18. The number of hydrogen-bond donors (Lipinski definition) is 1. The van der Waals surface area contributed by atoms with Crippen LogP contribution in [0, 0.1) is 5.92 Å². The van der Waals surface area contributed by atoms with Crippen molar-refractivity contribution in [2.75, 3.05) is 18.4 Å². The molecule has 0 bridgehead atoms. The first-order valence-corrected chi connectivity index (χ1v) is 11.3. The van der Waals surface area contributed by atoms with E-state index in [0.29, 0.717) is 5.82 Å². The van der Waals surface area contributed by atoms with Crippen molar-refractivity contribution in [3.05, 3.63) is 66.2 Å². The molecule has 1 saturated heterocycles. The quantitative estimate of drug-likeness (QED) is 0.451. The number of likely N-dealkylation sites (tertiary alicyclic amines) is 1. The van der Waals surface area contributed by atoms with Gasteiger partial charge in [-0.1, -0.05) is 54.7 Å². The summed E-state index contributed by atoms with van der Waals surface area (Å²) in [6.45, 7) is 5.78. The Morgan fingerprint density at radius 1 is 1.00 bits per heavy atom. The van der Waals surface area contributed by atoms with Crippen molar-refractivity contribution in [1.82, 2.24) is 20.1 Å². The first kappa shape index (κ1) is 19.2. The second kappa shape index (κ2) is 8.50. The van der Waals surface area contributed by atoms with Crippen LogP contribution in [0.1, 0.15) is 25.3 Å². The van der Waals surface area contributed by atoms with Crippen LogP contribution < -0.4 is 5.32 Å².